The summed E-state index contributed by atoms with van der Waals surface area (Å²) < 4.78 is 5.51. The van der Waals surface area contributed by atoms with Crippen molar-refractivity contribution in [3.8, 4) is 0 Å². The molecule has 1 aliphatic carbocycles. The first kappa shape index (κ1) is 10.5. The topological polar surface area (TPSA) is 47.0 Å². The molecule has 1 N–H and O–H groups in total. The van der Waals surface area contributed by atoms with Crippen LogP contribution in [0, 0.1) is 0 Å². The van der Waals surface area contributed by atoms with Gasteiger partial charge in [-0.3, -0.25) is 9.97 Å². The summed E-state index contributed by atoms with van der Waals surface area (Å²) in [5.41, 5.74) is 1.06. The smallest absolute Gasteiger partial charge is 0.0802 e. The molecule has 0 aliphatic heterocycles. The fraction of sp³-hybridized carbons (Fsp3) is 0.636. The molecular weight excluding hydrogens is 190 g/mol. The van der Waals surface area contributed by atoms with Gasteiger partial charge in [0.15, 0.2) is 0 Å². The lowest BCUT2D eigenvalue weighted by Crippen LogP contribution is -2.47. The number of hydrogen-bond donors (Lipinski definition) is 1. The molecule has 1 aromatic heterocycles. The number of methoxy groups -OCH3 is 1. The first-order valence-corrected chi connectivity index (χ1v) is 5.35. The second-order valence-electron chi connectivity index (χ2n) is 4.04. The highest BCUT2D eigenvalue weighted by atomic mass is 16.5. The van der Waals surface area contributed by atoms with Gasteiger partial charge in [-0.25, -0.2) is 0 Å². The van der Waals surface area contributed by atoms with Crippen LogP contribution in [0.15, 0.2) is 18.6 Å². The van der Waals surface area contributed by atoms with Crippen molar-refractivity contribution in [3.63, 3.8) is 0 Å². The minimum absolute atomic E-state index is 0.0855. The number of nitrogens with one attached hydrogen (secondary N) is 1. The maximum Gasteiger partial charge on any atom is 0.0802 e. The largest absolute Gasteiger partial charge is 0.377 e. The van der Waals surface area contributed by atoms with Crippen molar-refractivity contribution in [2.45, 2.75) is 31.4 Å². The Labute approximate surface area is 90.1 Å². The Bertz CT molecular complexity index is 292. The SMILES string of the molecule is COC1(CNCc2cnccn2)CCC1. The number of hydrogen-bond acceptors (Lipinski definition) is 4. The minimum atomic E-state index is 0.0855. The zero-order valence-corrected chi connectivity index (χ0v) is 9.07. The van der Waals surface area contributed by atoms with E-state index in [0.717, 1.165) is 31.6 Å². The highest BCUT2D eigenvalue weighted by Gasteiger charge is 2.36. The molecule has 15 heavy (non-hydrogen) atoms. The summed E-state index contributed by atoms with van der Waals surface area (Å²) in [6.07, 6.45) is 8.79. The summed E-state index contributed by atoms with van der Waals surface area (Å²) >= 11 is 0. The molecule has 1 aliphatic rings. The van der Waals surface area contributed by atoms with Crippen LogP contribution in [0.1, 0.15) is 25.0 Å². The lowest BCUT2D eigenvalue weighted by Gasteiger charge is -2.40. The number of aromatic nitrogens is 2. The Hall–Kier alpha value is -1.00. The van der Waals surface area contributed by atoms with Crippen molar-refractivity contribution in [2.75, 3.05) is 13.7 Å². The van der Waals surface area contributed by atoms with Crippen LogP contribution in [-0.2, 0) is 11.3 Å². The molecular formula is C11H17N3O. The third-order valence-corrected chi connectivity index (χ3v) is 3.07. The van der Waals surface area contributed by atoms with E-state index in [1.54, 1.807) is 25.7 Å². The van der Waals surface area contributed by atoms with E-state index in [0.29, 0.717) is 0 Å². The molecule has 1 heterocycles. The van der Waals surface area contributed by atoms with Crippen LogP contribution in [0.2, 0.25) is 0 Å². The van der Waals surface area contributed by atoms with Gasteiger partial charge in [-0.1, -0.05) is 0 Å². The van der Waals surface area contributed by atoms with Crippen LogP contribution in [0.3, 0.4) is 0 Å². The van der Waals surface area contributed by atoms with Crippen LogP contribution in [-0.4, -0.2) is 29.2 Å². The Morgan fingerprint density at radius 1 is 1.47 bits per heavy atom. The number of ether oxygens (including phenoxy) is 1. The third kappa shape index (κ3) is 2.52. The van der Waals surface area contributed by atoms with E-state index in [1.807, 2.05) is 0 Å². The Morgan fingerprint density at radius 3 is 2.87 bits per heavy atom. The van der Waals surface area contributed by atoms with E-state index < -0.39 is 0 Å². The molecule has 0 atom stereocenters. The van der Waals surface area contributed by atoms with Crippen molar-refractivity contribution < 1.29 is 4.74 Å². The first-order chi connectivity index (χ1) is 7.35. The predicted octanol–water partition coefficient (Wildman–Crippen LogP) is 1.14. The van der Waals surface area contributed by atoms with Gasteiger partial charge in [0.1, 0.15) is 0 Å². The van der Waals surface area contributed by atoms with Gasteiger partial charge in [0, 0.05) is 38.8 Å². The molecule has 4 heteroatoms. The monoisotopic (exact) mass is 207 g/mol. The van der Waals surface area contributed by atoms with E-state index in [1.165, 1.54) is 6.42 Å². The lowest BCUT2D eigenvalue weighted by atomic mass is 9.80. The summed E-state index contributed by atoms with van der Waals surface area (Å²) in [6.45, 7) is 1.67. The van der Waals surface area contributed by atoms with Gasteiger partial charge in [0.05, 0.1) is 11.3 Å². The molecule has 1 aromatic rings. The zero-order valence-electron chi connectivity index (χ0n) is 9.07. The highest BCUT2D eigenvalue weighted by Crippen LogP contribution is 2.34. The molecule has 0 amide bonds. The maximum atomic E-state index is 5.51. The van der Waals surface area contributed by atoms with Gasteiger partial charge in [0.25, 0.3) is 0 Å². The molecule has 0 saturated heterocycles. The zero-order chi connectivity index (χ0) is 10.6. The summed E-state index contributed by atoms with van der Waals surface area (Å²) in [5.74, 6) is 0. The van der Waals surface area contributed by atoms with E-state index in [2.05, 4.69) is 15.3 Å². The van der Waals surface area contributed by atoms with Crippen molar-refractivity contribution in [1.29, 1.82) is 0 Å². The van der Waals surface area contributed by atoms with E-state index in [-0.39, 0.29) is 5.60 Å². The number of nitrogens with zero attached hydrogens (tertiary/aromatic N) is 2. The summed E-state index contributed by atoms with van der Waals surface area (Å²) in [5, 5.41) is 3.37. The Kier molecular flexibility index (Phi) is 3.28. The molecule has 0 unspecified atom stereocenters. The molecule has 0 bridgehead atoms. The number of rotatable bonds is 5. The van der Waals surface area contributed by atoms with Crippen LogP contribution < -0.4 is 5.32 Å². The van der Waals surface area contributed by atoms with Crippen molar-refractivity contribution in [2.24, 2.45) is 0 Å². The van der Waals surface area contributed by atoms with Gasteiger partial charge < -0.3 is 10.1 Å². The van der Waals surface area contributed by atoms with E-state index in [4.69, 9.17) is 4.74 Å². The molecule has 1 saturated carbocycles. The lowest BCUT2D eigenvalue weighted by molar-refractivity contribution is -0.0695. The second-order valence-corrected chi connectivity index (χ2v) is 4.04. The third-order valence-electron chi connectivity index (χ3n) is 3.07. The van der Waals surface area contributed by atoms with Crippen molar-refractivity contribution in [3.05, 3.63) is 24.3 Å². The highest BCUT2D eigenvalue weighted by molar-refractivity contribution is 4.96. The molecule has 0 radical (unpaired) electrons. The van der Waals surface area contributed by atoms with Gasteiger partial charge >= 0.3 is 0 Å². The van der Waals surface area contributed by atoms with Crippen LogP contribution in [0.4, 0.5) is 0 Å². The minimum Gasteiger partial charge on any atom is -0.377 e. The summed E-state index contributed by atoms with van der Waals surface area (Å²) in [6, 6.07) is 0. The van der Waals surface area contributed by atoms with Gasteiger partial charge in [-0.2, -0.15) is 0 Å². The molecule has 4 nitrogen and oxygen atoms in total. The average Bonchev–Trinajstić information content (AvgIpc) is 2.24. The fourth-order valence-electron chi connectivity index (χ4n) is 1.86. The summed E-state index contributed by atoms with van der Waals surface area (Å²) in [7, 11) is 1.79. The molecule has 82 valence electrons. The predicted molar refractivity (Wildman–Crippen MR) is 57.3 cm³/mol. The summed E-state index contributed by atoms with van der Waals surface area (Å²) in [4.78, 5) is 8.22. The van der Waals surface area contributed by atoms with Gasteiger partial charge in [0.2, 0.25) is 0 Å². The Balaban J connectivity index is 1.75. The normalized spacial score (nSPS) is 18.5. The molecule has 0 aromatic carbocycles. The van der Waals surface area contributed by atoms with E-state index in [9.17, 15) is 0 Å². The van der Waals surface area contributed by atoms with Crippen LogP contribution in [0.5, 0.6) is 0 Å². The van der Waals surface area contributed by atoms with Crippen molar-refractivity contribution in [1.82, 2.24) is 15.3 Å². The first-order valence-electron chi connectivity index (χ1n) is 5.35. The van der Waals surface area contributed by atoms with E-state index >= 15 is 0 Å². The van der Waals surface area contributed by atoms with Crippen LogP contribution >= 0.6 is 0 Å². The maximum absolute atomic E-state index is 5.51. The van der Waals surface area contributed by atoms with Crippen LogP contribution in [0.25, 0.3) is 0 Å². The fourth-order valence-corrected chi connectivity index (χ4v) is 1.86. The van der Waals surface area contributed by atoms with Gasteiger partial charge in [-0.15, -0.1) is 0 Å². The van der Waals surface area contributed by atoms with Gasteiger partial charge in [-0.05, 0) is 19.3 Å². The quantitative estimate of drug-likeness (QED) is 0.786. The average molecular weight is 207 g/mol. The standard InChI is InChI=1S/C11H17N3O/c1-15-11(3-2-4-11)9-13-8-10-7-12-5-6-14-10/h5-7,13H,2-4,8-9H2,1H3. The van der Waals surface area contributed by atoms with Crippen molar-refractivity contribution >= 4 is 0 Å². The molecule has 1 fully saturated rings. The second kappa shape index (κ2) is 4.68. The molecule has 0 spiro atoms. The molecule has 2 rings (SSSR count). The Morgan fingerprint density at radius 2 is 2.33 bits per heavy atom.